The van der Waals surface area contributed by atoms with E-state index in [-0.39, 0.29) is 5.91 Å². The first-order chi connectivity index (χ1) is 15.4. The van der Waals surface area contributed by atoms with Crippen LogP contribution in [0.5, 0.6) is 0 Å². The molecule has 0 spiro atoms. The van der Waals surface area contributed by atoms with Crippen molar-refractivity contribution in [1.82, 2.24) is 25.0 Å². The van der Waals surface area contributed by atoms with Gasteiger partial charge >= 0.3 is 0 Å². The van der Waals surface area contributed by atoms with E-state index in [1.807, 2.05) is 17.0 Å². The number of rotatable bonds is 6. The zero-order chi connectivity index (χ0) is 22.7. The highest BCUT2D eigenvalue weighted by atomic mass is 16.4. The first-order valence-corrected chi connectivity index (χ1v) is 11.8. The van der Waals surface area contributed by atoms with Crippen molar-refractivity contribution in [2.75, 3.05) is 32.7 Å². The molecule has 2 aliphatic rings. The first-order valence-electron chi connectivity index (χ1n) is 11.8. The maximum atomic E-state index is 11.6. The summed E-state index contributed by atoms with van der Waals surface area (Å²) < 4.78 is 5.96. The highest BCUT2D eigenvalue weighted by molar-refractivity contribution is 5.73. The van der Waals surface area contributed by atoms with Crippen LogP contribution in [0.3, 0.4) is 0 Å². The number of nitrogens with zero attached hydrogens (tertiary/aromatic N) is 5. The Hall–Kier alpha value is -2.54. The zero-order valence-electron chi connectivity index (χ0n) is 19.7. The van der Waals surface area contributed by atoms with Gasteiger partial charge in [-0.15, -0.1) is 10.2 Å². The van der Waals surface area contributed by atoms with Gasteiger partial charge in [-0.2, -0.15) is 0 Å². The molecule has 2 aromatic heterocycles. The van der Waals surface area contributed by atoms with Crippen molar-refractivity contribution < 1.29 is 9.21 Å². The van der Waals surface area contributed by atoms with Gasteiger partial charge in [-0.3, -0.25) is 14.7 Å². The summed E-state index contributed by atoms with van der Waals surface area (Å²) in [5.41, 5.74) is 2.28. The van der Waals surface area contributed by atoms with E-state index in [1.54, 1.807) is 19.3 Å². The Balaban J connectivity index is 1.41. The number of carbonyl (C=O) groups excluding carboxylic acids is 1. The molecule has 2 aromatic rings. The van der Waals surface area contributed by atoms with Crippen molar-refractivity contribution in [1.29, 1.82) is 0 Å². The molecule has 172 valence electrons. The smallest absolute Gasteiger partial charge is 0.249 e. The largest absolute Gasteiger partial charge is 0.421 e. The monoisotopic (exact) mass is 437 g/mol. The predicted molar refractivity (Wildman–Crippen MR) is 124 cm³/mol. The number of allylic oxidation sites excluding steroid dienone is 1. The Kier molecular flexibility index (Phi) is 7.04. The lowest BCUT2D eigenvalue weighted by atomic mass is 9.69. The Labute approximate surface area is 190 Å². The zero-order valence-corrected chi connectivity index (χ0v) is 19.7. The minimum Gasteiger partial charge on any atom is -0.421 e. The first kappa shape index (κ1) is 22.6. The number of hydrogen-bond donors (Lipinski definition) is 0. The van der Waals surface area contributed by atoms with E-state index >= 15 is 0 Å². The van der Waals surface area contributed by atoms with Crippen molar-refractivity contribution in [3.05, 3.63) is 42.1 Å². The van der Waals surface area contributed by atoms with Crippen LogP contribution in [0.4, 0.5) is 0 Å². The summed E-state index contributed by atoms with van der Waals surface area (Å²) in [7, 11) is 0. The third-order valence-electron chi connectivity index (χ3n) is 7.17. The lowest BCUT2D eigenvalue weighted by Crippen LogP contribution is -2.50. The van der Waals surface area contributed by atoms with E-state index in [9.17, 15) is 4.79 Å². The standard InChI is InChI=1S/C25H35N5O2/c1-17(2)23-13-21(14-24-27-28-25(32-24)20-6-5-7-26-15-20)18(3)12-22(23)16-29-8-10-30(11-9-29)19(4)31/h5-7,12,15,17,21-23H,8-11,13-14,16H2,1-4H3/t21-,22-,23-/m0/s1. The van der Waals surface area contributed by atoms with E-state index in [1.165, 1.54) is 5.57 Å². The summed E-state index contributed by atoms with van der Waals surface area (Å²) in [6, 6.07) is 3.81. The Bertz CT molecular complexity index is 931. The molecule has 1 saturated heterocycles. The second kappa shape index (κ2) is 9.94. The molecule has 0 bridgehead atoms. The lowest BCUT2D eigenvalue weighted by Gasteiger charge is -2.41. The van der Waals surface area contributed by atoms with Crippen molar-refractivity contribution >= 4 is 5.91 Å². The molecule has 4 rings (SSSR count). The second-order valence-electron chi connectivity index (χ2n) is 9.67. The van der Waals surface area contributed by atoms with Crippen molar-refractivity contribution in [2.24, 2.45) is 23.7 Å². The Morgan fingerprint density at radius 2 is 2.00 bits per heavy atom. The summed E-state index contributed by atoms with van der Waals surface area (Å²) >= 11 is 0. The van der Waals surface area contributed by atoms with Gasteiger partial charge in [-0.05, 0) is 49.1 Å². The SMILES string of the molecule is CC(=O)N1CCN(C[C@@H]2C=C(C)[C@H](Cc3nnc(-c4cccnc4)o3)C[C@H]2C(C)C)CC1. The van der Waals surface area contributed by atoms with E-state index in [4.69, 9.17) is 4.42 Å². The van der Waals surface area contributed by atoms with Gasteiger partial charge in [0.2, 0.25) is 17.7 Å². The summed E-state index contributed by atoms with van der Waals surface area (Å²) in [4.78, 5) is 20.2. The molecule has 3 atom stereocenters. The van der Waals surface area contributed by atoms with E-state index in [2.05, 4.69) is 46.9 Å². The maximum absolute atomic E-state index is 11.6. The quantitative estimate of drug-likeness (QED) is 0.642. The number of hydrogen-bond acceptors (Lipinski definition) is 6. The fourth-order valence-corrected chi connectivity index (χ4v) is 5.18. The molecule has 32 heavy (non-hydrogen) atoms. The Morgan fingerprint density at radius 1 is 1.22 bits per heavy atom. The topological polar surface area (TPSA) is 75.4 Å². The highest BCUT2D eigenvalue weighted by Gasteiger charge is 2.34. The van der Waals surface area contributed by atoms with Crippen molar-refractivity contribution in [3.63, 3.8) is 0 Å². The number of carbonyl (C=O) groups is 1. The molecule has 1 amide bonds. The number of aromatic nitrogens is 3. The van der Waals surface area contributed by atoms with Crippen LogP contribution < -0.4 is 0 Å². The van der Waals surface area contributed by atoms with E-state index in [0.717, 1.165) is 51.1 Å². The van der Waals surface area contributed by atoms with Crippen LogP contribution in [0.2, 0.25) is 0 Å². The summed E-state index contributed by atoms with van der Waals surface area (Å²) in [6.07, 6.45) is 7.90. The van der Waals surface area contributed by atoms with Gasteiger partial charge in [0.1, 0.15) is 0 Å². The molecule has 0 N–H and O–H groups in total. The maximum Gasteiger partial charge on any atom is 0.249 e. The van der Waals surface area contributed by atoms with Gasteiger partial charge in [0.05, 0.1) is 5.56 Å². The van der Waals surface area contributed by atoms with Gasteiger partial charge < -0.3 is 9.32 Å². The van der Waals surface area contributed by atoms with Crippen LogP contribution in [0.1, 0.15) is 40.0 Å². The molecule has 0 unspecified atom stereocenters. The molecule has 1 aliphatic heterocycles. The normalized spacial score (nSPS) is 24.6. The number of pyridine rings is 1. The van der Waals surface area contributed by atoms with Gasteiger partial charge in [0, 0.05) is 58.5 Å². The minimum atomic E-state index is 0.189. The molecule has 1 fully saturated rings. The van der Waals surface area contributed by atoms with E-state index < -0.39 is 0 Å². The molecule has 7 heteroatoms. The summed E-state index contributed by atoms with van der Waals surface area (Å²) in [5.74, 6) is 3.62. The average molecular weight is 438 g/mol. The molecular formula is C25H35N5O2. The average Bonchev–Trinajstić information content (AvgIpc) is 3.25. The molecule has 1 aliphatic carbocycles. The van der Waals surface area contributed by atoms with Gasteiger partial charge in [-0.1, -0.05) is 25.5 Å². The summed E-state index contributed by atoms with van der Waals surface area (Å²) in [5, 5.41) is 8.54. The predicted octanol–water partition coefficient (Wildman–Crippen LogP) is 3.69. The number of piperazine rings is 1. The van der Waals surface area contributed by atoms with Crippen LogP contribution in [-0.2, 0) is 11.2 Å². The molecule has 0 saturated carbocycles. The molecule has 3 heterocycles. The van der Waals surface area contributed by atoms with Crippen LogP contribution >= 0.6 is 0 Å². The second-order valence-corrected chi connectivity index (χ2v) is 9.67. The molecular weight excluding hydrogens is 402 g/mol. The van der Waals surface area contributed by atoms with E-state index in [0.29, 0.717) is 35.5 Å². The van der Waals surface area contributed by atoms with Crippen molar-refractivity contribution in [2.45, 2.75) is 40.5 Å². The van der Waals surface area contributed by atoms with Crippen LogP contribution in [0, 0.1) is 23.7 Å². The third-order valence-corrected chi connectivity index (χ3v) is 7.17. The molecule has 7 nitrogen and oxygen atoms in total. The fourth-order valence-electron chi connectivity index (χ4n) is 5.18. The molecule has 0 aromatic carbocycles. The minimum absolute atomic E-state index is 0.189. The highest BCUT2D eigenvalue weighted by Crippen LogP contribution is 2.39. The fraction of sp³-hybridized carbons (Fsp3) is 0.600. The van der Waals surface area contributed by atoms with Crippen molar-refractivity contribution in [3.8, 4) is 11.5 Å². The number of amides is 1. The van der Waals surface area contributed by atoms with Gasteiger partial charge in [-0.25, -0.2) is 0 Å². The van der Waals surface area contributed by atoms with Crippen LogP contribution in [0.25, 0.3) is 11.5 Å². The molecule has 0 radical (unpaired) electrons. The Morgan fingerprint density at radius 3 is 2.66 bits per heavy atom. The van der Waals surface area contributed by atoms with Gasteiger partial charge in [0.25, 0.3) is 0 Å². The lowest BCUT2D eigenvalue weighted by molar-refractivity contribution is -0.130. The summed E-state index contributed by atoms with van der Waals surface area (Å²) in [6.45, 7) is 13.3. The van der Waals surface area contributed by atoms with Crippen LogP contribution in [0.15, 0.2) is 40.6 Å². The van der Waals surface area contributed by atoms with Crippen LogP contribution in [-0.4, -0.2) is 63.6 Å². The third kappa shape index (κ3) is 5.26. The van der Waals surface area contributed by atoms with Gasteiger partial charge in [0.15, 0.2) is 0 Å².